The van der Waals surface area contributed by atoms with Crippen LogP contribution in [0.1, 0.15) is 41.4 Å². The van der Waals surface area contributed by atoms with Gasteiger partial charge in [0.1, 0.15) is 6.61 Å². The molecule has 1 atom stereocenters. The SMILES string of the molecule is CCC1CCN(C)c2nc(C(=O)NCc3ccccc3)c(OCc3ccccc3)c(=O)n2C1. The zero-order chi connectivity index (χ0) is 23.2. The van der Waals surface area contributed by atoms with Crippen molar-refractivity contribution in [3.63, 3.8) is 0 Å². The normalized spacial score (nSPS) is 15.5. The Morgan fingerprint density at radius 3 is 2.42 bits per heavy atom. The molecular weight excluding hydrogens is 416 g/mol. The number of anilines is 1. The van der Waals surface area contributed by atoms with Gasteiger partial charge in [-0.15, -0.1) is 0 Å². The number of fused-ring (bicyclic) bond motifs is 1. The van der Waals surface area contributed by atoms with Gasteiger partial charge in [0.15, 0.2) is 5.69 Å². The Hall–Kier alpha value is -3.61. The van der Waals surface area contributed by atoms with Crippen molar-refractivity contribution >= 4 is 11.9 Å². The summed E-state index contributed by atoms with van der Waals surface area (Å²) in [7, 11) is 1.91. The van der Waals surface area contributed by atoms with Gasteiger partial charge >= 0.3 is 0 Å². The molecule has 1 aromatic heterocycles. The lowest BCUT2D eigenvalue weighted by Gasteiger charge is -2.21. The van der Waals surface area contributed by atoms with Gasteiger partial charge in [0.2, 0.25) is 11.7 Å². The quantitative estimate of drug-likeness (QED) is 0.600. The first-order valence-electron chi connectivity index (χ1n) is 11.4. The fraction of sp³-hybridized carbons (Fsp3) is 0.346. The summed E-state index contributed by atoms with van der Waals surface area (Å²) in [6.45, 7) is 4.00. The fourth-order valence-corrected chi connectivity index (χ4v) is 4.02. The maximum Gasteiger partial charge on any atom is 0.298 e. The van der Waals surface area contributed by atoms with Gasteiger partial charge in [0.25, 0.3) is 11.5 Å². The molecule has 1 amide bonds. The Balaban J connectivity index is 1.70. The molecule has 4 rings (SSSR count). The van der Waals surface area contributed by atoms with Crippen LogP contribution in [0, 0.1) is 5.92 Å². The second-order valence-corrected chi connectivity index (χ2v) is 8.43. The van der Waals surface area contributed by atoms with E-state index in [-0.39, 0.29) is 23.6 Å². The van der Waals surface area contributed by atoms with Crippen LogP contribution < -0.4 is 20.5 Å². The monoisotopic (exact) mass is 446 g/mol. The van der Waals surface area contributed by atoms with Gasteiger partial charge in [-0.3, -0.25) is 14.2 Å². The maximum absolute atomic E-state index is 13.6. The molecule has 172 valence electrons. The molecule has 0 aliphatic carbocycles. The molecule has 0 bridgehead atoms. The summed E-state index contributed by atoms with van der Waals surface area (Å²) in [6, 6.07) is 19.2. The summed E-state index contributed by atoms with van der Waals surface area (Å²) in [5.41, 5.74) is 1.59. The lowest BCUT2D eigenvalue weighted by molar-refractivity contribution is 0.0940. The lowest BCUT2D eigenvalue weighted by Crippen LogP contribution is -2.34. The van der Waals surface area contributed by atoms with E-state index in [1.54, 1.807) is 4.57 Å². The predicted octanol–water partition coefficient (Wildman–Crippen LogP) is 3.62. The number of aromatic nitrogens is 2. The average molecular weight is 447 g/mol. The zero-order valence-electron chi connectivity index (χ0n) is 19.2. The van der Waals surface area contributed by atoms with Crippen LogP contribution in [0.3, 0.4) is 0 Å². The van der Waals surface area contributed by atoms with Crippen molar-refractivity contribution in [3.8, 4) is 5.75 Å². The zero-order valence-corrected chi connectivity index (χ0v) is 19.2. The Kier molecular flexibility index (Phi) is 7.07. The van der Waals surface area contributed by atoms with Crippen LogP contribution in [-0.4, -0.2) is 29.1 Å². The molecule has 0 saturated heterocycles. The van der Waals surface area contributed by atoms with E-state index in [2.05, 4.69) is 17.2 Å². The standard InChI is InChI=1S/C26H30N4O3/c1-3-19-14-15-29(2)26-28-22(24(31)27-16-20-10-6-4-7-11-20)23(25(32)30(26)17-19)33-18-21-12-8-5-9-13-21/h4-13,19H,3,14-18H2,1-2H3,(H,27,31). The molecule has 1 aliphatic heterocycles. The number of carbonyl (C=O) groups is 1. The van der Waals surface area contributed by atoms with Crippen LogP contribution in [0.2, 0.25) is 0 Å². The van der Waals surface area contributed by atoms with Gasteiger partial charge < -0.3 is 15.0 Å². The summed E-state index contributed by atoms with van der Waals surface area (Å²) in [5.74, 6) is 0.450. The Morgan fingerprint density at radius 1 is 1.09 bits per heavy atom. The Labute approximate surface area is 194 Å². The maximum atomic E-state index is 13.6. The highest BCUT2D eigenvalue weighted by atomic mass is 16.5. The second-order valence-electron chi connectivity index (χ2n) is 8.43. The highest BCUT2D eigenvalue weighted by Gasteiger charge is 2.28. The second kappa shape index (κ2) is 10.3. The number of hydrogen-bond acceptors (Lipinski definition) is 5. The number of hydrogen-bond donors (Lipinski definition) is 1. The van der Waals surface area contributed by atoms with Crippen LogP contribution in [-0.2, 0) is 19.7 Å². The molecule has 3 aromatic rings. The molecular formula is C26H30N4O3. The molecule has 2 heterocycles. The number of benzene rings is 2. The summed E-state index contributed by atoms with van der Waals surface area (Å²) >= 11 is 0. The molecule has 33 heavy (non-hydrogen) atoms. The number of nitrogens with one attached hydrogen (secondary N) is 1. The van der Waals surface area contributed by atoms with Gasteiger partial charge in [-0.25, -0.2) is 4.98 Å². The lowest BCUT2D eigenvalue weighted by atomic mass is 10.0. The van der Waals surface area contributed by atoms with Gasteiger partial charge in [-0.2, -0.15) is 0 Å². The highest BCUT2D eigenvalue weighted by Crippen LogP contribution is 2.24. The smallest absolute Gasteiger partial charge is 0.298 e. The van der Waals surface area contributed by atoms with Crippen molar-refractivity contribution in [3.05, 3.63) is 87.8 Å². The first-order valence-corrected chi connectivity index (χ1v) is 11.4. The molecule has 1 aliphatic rings. The van der Waals surface area contributed by atoms with E-state index in [0.29, 0.717) is 25.0 Å². The third-order valence-electron chi connectivity index (χ3n) is 6.08. The number of amides is 1. The minimum Gasteiger partial charge on any atom is -0.481 e. The van der Waals surface area contributed by atoms with E-state index in [1.807, 2.05) is 72.6 Å². The van der Waals surface area contributed by atoms with E-state index >= 15 is 0 Å². The first-order chi connectivity index (χ1) is 16.1. The molecule has 1 unspecified atom stereocenters. The minimum absolute atomic E-state index is 0.00156. The fourth-order valence-electron chi connectivity index (χ4n) is 4.02. The molecule has 0 fully saturated rings. The van der Waals surface area contributed by atoms with E-state index in [0.717, 1.165) is 30.5 Å². The van der Waals surface area contributed by atoms with Crippen LogP contribution in [0.25, 0.3) is 0 Å². The number of carbonyl (C=O) groups excluding carboxylic acids is 1. The summed E-state index contributed by atoms with van der Waals surface area (Å²) in [6.07, 6.45) is 1.94. The number of nitrogens with zero attached hydrogens (tertiary/aromatic N) is 3. The predicted molar refractivity (Wildman–Crippen MR) is 129 cm³/mol. The van der Waals surface area contributed by atoms with Gasteiger partial charge in [-0.1, -0.05) is 74.0 Å². The van der Waals surface area contributed by atoms with Crippen LogP contribution >= 0.6 is 0 Å². The van der Waals surface area contributed by atoms with Crippen LogP contribution in [0.5, 0.6) is 5.75 Å². The highest BCUT2D eigenvalue weighted by molar-refractivity contribution is 5.95. The van der Waals surface area contributed by atoms with E-state index in [4.69, 9.17) is 4.74 Å². The van der Waals surface area contributed by atoms with E-state index in [1.165, 1.54) is 0 Å². The molecule has 2 aromatic carbocycles. The summed E-state index contributed by atoms with van der Waals surface area (Å²) < 4.78 is 7.63. The molecule has 7 heteroatoms. The van der Waals surface area contributed by atoms with Crippen LogP contribution in [0.15, 0.2) is 65.5 Å². The molecule has 1 N–H and O–H groups in total. The number of rotatable bonds is 7. The third-order valence-corrected chi connectivity index (χ3v) is 6.08. The van der Waals surface area contributed by atoms with Crippen molar-refractivity contribution in [2.75, 3.05) is 18.5 Å². The summed E-state index contributed by atoms with van der Waals surface area (Å²) in [4.78, 5) is 33.4. The largest absolute Gasteiger partial charge is 0.481 e. The van der Waals surface area contributed by atoms with Gasteiger partial charge in [-0.05, 0) is 23.5 Å². The topological polar surface area (TPSA) is 76.5 Å². The Bertz CT molecular complexity index is 1150. The van der Waals surface area contributed by atoms with Crippen molar-refractivity contribution < 1.29 is 9.53 Å². The van der Waals surface area contributed by atoms with E-state index < -0.39 is 5.91 Å². The van der Waals surface area contributed by atoms with Gasteiger partial charge in [0.05, 0.1) is 0 Å². The molecule has 0 spiro atoms. The minimum atomic E-state index is -0.424. The molecule has 0 saturated carbocycles. The van der Waals surface area contributed by atoms with Crippen molar-refractivity contribution in [2.45, 2.75) is 39.5 Å². The van der Waals surface area contributed by atoms with Crippen molar-refractivity contribution in [1.29, 1.82) is 0 Å². The summed E-state index contributed by atoms with van der Waals surface area (Å²) in [5, 5.41) is 2.89. The van der Waals surface area contributed by atoms with Gasteiger partial charge in [0, 0.05) is 26.7 Å². The third kappa shape index (κ3) is 5.25. The van der Waals surface area contributed by atoms with Crippen molar-refractivity contribution in [1.82, 2.24) is 14.9 Å². The molecule has 0 radical (unpaired) electrons. The molecule has 7 nitrogen and oxygen atoms in total. The number of ether oxygens (including phenoxy) is 1. The van der Waals surface area contributed by atoms with Crippen LogP contribution in [0.4, 0.5) is 5.95 Å². The van der Waals surface area contributed by atoms with Crippen molar-refractivity contribution in [2.24, 2.45) is 5.92 Å². The first kappa shape index (κ1) is 22.6. The Morgan fingerprint density at radius 2 is 1.76 bits per heavy atom. The average Bonchev–Trinajstić information content (AvgIpc) is 3.02. The van der Waals surface area contributed by atoms with E-state index in [9.17, 15) is 9.59 Å².